The summed E-state index contributed by atoms with van der Waals surface area (Å²) in [5, 5.41) is 3.42. The molecule has 100 valence electrons. The van der Waals surface area contributed by atoms with Gasteiger partial charge in [0.2, 0.25) is 5.28 Å². The van der Waals surface area contributed by atoms with E-state index >= 15 is 0 Å². The van der Waals surface area contributed by atoms with Gasteiger partial charge in [-0.2, -0.15) is 4.98 Å². The smallest absolute Gasteiger partial charge is 0.224 e. The summed E-state index contributed by atoms with van der Waals surface area (Å²) in [5.74, 6) is 0.603. The number of aromatic nitrogens is 2. The third-order valence-electron chi connectivity index (χ3n) is 3.06. The SMILES string of the molecule is Cc1ccccc1CCNc1nc(Cl)nc(C)c1N. The Morgan fingerprint density at radius 1 is 1.21 bits per heavy atom. The average Bonchev–Trinajstić information content (AvgIpc) is 2.37. The van der Waals surface area contributed by atoms with Crippen LogP contribution in [0.3, 0.4) is 0 Å². The Balaban J connectivity index is 2.02. The van der Waals surface area contributed by atoms with Crippen LogP contribution in [0.5, 0.6) is 0 Å². The maximum atomic E-state index is 5.91. The fourth-order valence-corrected chi connectivity index (χ4v) is 2.10. The van der Waals surface area contributed by atoms with E-state index in [0.717, 1.165) is 13.0 Å². The monoisotopic (exact) mass is 276 g/mol. The number of nitrogen functional groups attached to an aromatic ring is 1. The molecule has 0 unspecified atom stereocenters. The van der Waals surface area contributed by atoms with Crippen molar-refractivity contribution >= 4 is 23.1 Å². The standard InChI is InChI=1S/C14H17ClN4/c1-9-5-3-4-6-11(9)7-8-17-13-12(16)10(2)18-14(15)19-13/h3-6H,7-8,16H2,1-2H3,(H,17,18,19). The summed E-state index contributed by atoms with van der Waals surface area (Å²) in [6.45, 7) is 4.67. The first-order valence-corrected chi connectivity index (χ1v) is 6.53. The Labute approximate surface area is 118 Å². The summed E-state index contributed by atoms with van der Waals surface area (Å²) in [7, 11) is 0. The second kappa shape index (κ2) is 5.89. The molecule has 1 aromatic heterocycles. The van der Waals surface area contributed by atoms with E-state index in [4.69, 9.17) is 17.3 Å². The van der Waals surface area contributed by atoms with Gasteiger partial charge in [0.05, 0.1) is 11.4 Å². The van der Waals surface area contributed by atoms with E-state index < -0.39 is 0 Å². The van der Waals surface area contributed by atoms with Gasteiger partial charge < -0.3 is 11.1 Å². The van der Waals surface area contributed by atoms with Crippen molar-refractivity contribution in [1.82, 2.24) is 9.97 Å². The fraction of sp³-hybridized carbons (Fsp3) is 0.286. The summed E-state index contributed by atoms with van der Waals surface area (Å²) < 4.78 is 0. The van der Waals surface area contributed by atoms with Crippen molar-refractivity contribution in [2.75, 3.05) is 17.6 Å². The highest BCUT2D eigenvalue weighted by Crippen LogP contribution is 2.20. The number of benzene rings is 1. The van der Waals surface area contributed by atoms with Gasteiger partial charge in [0, 0.05) is 6.54 Å². The van der Waals surface area contributed by atoms with E-state index in [9.17, 15) is 0 Å². The summed E-state index contributed by atoms with van der Waals surface area (Å²) in [4.78, 5) is 8.11. The zero-order valence-electron chi connectivity index (χ0n) is 11.1. The van der Waals surface area contributed by atoms with Crippen molar-refractivity contribution in [3.63, 3.8) is 0 Å². The zero-order chi connectivity index (χ0) is 13.8. The van der Waals surface area contributed by atoms with Crippen molar-refractivity contribution in [2.45, 2.75) is 20.3 Å². The molecule has 1 aromatic carbocycles. The third-order valence-corrected chi connectivity index (χ3v) is 3.23. The van der Waals surface area contributed by atoms with Crippen LogP contribution < -0.4 is 11.1 Å². The zero-order valence-corrected chi connectivity index (χ0v) is 11.8. The molecule has 0 aliphatic carbocycles. The minimum atomic E-state index is 0.213. The molecule has 0 bridgehead atoms. The minimum Gasteiger partial charge on any atom is -0.394 e. The van der Waals surface area contributed by atoms with Crippen molar-refractivity contribution in [2.24, 2.45) is 0 Å². The quantitative estimate of drug-likeness (QED) is 0.843. The molecule has 19 heavy (non-hydrogen) atoms. The molecule has 0 spiro atoms. The molecule has 2 rings (SSSR count). The minimum absolute atomic E-state index is 0.213. The van der Waals surface area contributed by atoms with E-state index in [0.29, 0.717) is 17.2 Å². The van der Waals surface area contributed by atoms with Gasteiger partial charge in [-0.25, -0.2) is 4.98 Å². The van der Waals surface area contributed by atoms with Crippen molar-refractivity contribution < 1.29 is 0 Å². The molecular weight excluding hydrogens is 260 g/mol. The van der Waals surface area contributed by atoms with Gasteiger partial charge in [0.1, 0.15) is 0 Å². The predicted molar refractivity (Wildman–Crippen MR) is 79.6 cm³/mol. The number of halogens is 1. The van der Waals surface area contributed by atoms with Crippen LogP contribution in [0.1, 0.15) is 16.8 Å². The average molecular weight is 277 g/mol. The molecule has 1 heterocycles. The second-order valence-electron chi connectivity index (χ2n) is 4.44. The predicted octanol–water partition coefficient (Wildman–Crippen LogP) is 2.98. The van der Waals surface area contributed by atoms with Crippen LogP contribution in [0.2, 0.25) is 5.28 Å². The highest BCUT2D eigenvalue weighted by atomic mass is 35.5. The molecule has 0 fully saturated rings. The highest BCUT2D eigenvalue weighted by molar-refractivity contribution is 6.28. The summed E-state index contributed by atoms with van der Waals surface area (Å²) >= 11 is 5.83. The summed E-state index contributed by atoms with van der Waals surface area (Å²) in [5.41, 5.74) is 9.75. The molecule has 0 aliphatic rings. The number of aryl methyl sites for hydroxylation is 2. The van der Waals surface area contributed by atoms with E-state index in [1.807, 2.05) is 19.1 Å². The lowest BCUT2D eigenvalue weighted by atomic mass is 10.1. The van der Waals surface area contributed by atoms with E-state index in [1.165, 1.54) is 11.1 Å². The van der Waals surface area contributed by atoms with Crippen LogP contribution >= 0.6 is 11.6 Å². The van der Waals surface area contributed by atoms with Gasteiger partial charge in [-0.05, 0) is 43.0 Å². The van der Waals surface area contributed by atoms with Crippen molar-refractivity contribution in [3.8, 4) is 0 Å². The van der Waals surface area contributed by atoms with Crippen LogP contribution in [-0.4, -0.2) is 16.5 Å². The molecule has 0 atom stereocenters. The maximum Gasteiger partial charge on any atom is 0.224 e. The molecule has 0 saturated carbocycles. The van der Waals surface area contributed by atoms with Gasteiger partial charge in [0.25, 0.3) is 0 Å². The van der Waals surface area contributed by atoms with Gasteiger partial charge in [-0.3, -0.25) is 0 Å². The molecule has 2 aromatic rings. The van der Waals surface area contributed by atoms with Crippen LogP contribution in [-0.2, 0) is 6.42 Å². The summed E-state index contributed by atoms with van der Waals surface area (Å²) in [6.07, 6.45) is 0.910. The van der Waals surface area contributed by atoms with Gasteiger partial charge in [-0.15, -0.1) is 0 Å². The van der Waals surface area contributed by atoms with E-state index in [-0.39, 0.29) is 5.28 Å². The first-order valence-electron chi connectivity index (χ1n) is 6.16. The molecule has 3 N–H and O–H groups in total. The van der Waals surface area contributed by atoms with E-state index in [2.05, 4.69) is 34.3 Å². The number of anilines is 2. The van der Waals surface area contributed by atoms with Crippen LogP contribution in [0.15, 0.2) is 24.3 Å². The first kappa shape index (κ1) is 13.6. The second-order valence-corrected chi connectivity index (χ2v) is 4.78. The lowest BCUT2D eigenvalue weighted by Gasteiger charge is -2.11. The van der Waals surface area contributed by atoms with Gasteiger partial charge >= 0.3 is 0 Å². The largest absolute Gasteiger partial charge is 0.394 e. The van der Waals surface area contributed by atoms with Crippen molar-refractivity contribution in [1.29, 1.82) is 0 Å². The molecule has 5 heteroatoms. The van der Waals surface area contributed by atoms with Crippen LogP contribution in [0.25, 0.3) is 0 Å². The Morgan fingerprint density at radius 3 is 2.68 bits per heavy atom. The molecular formula is C14H17ClN4. The van der Waals surface area contributed by atoms with Gasteiger partial charge in [0.15, 0.2) is 5.82 Å². The van der Waals surface area contributed by atoms with Crippen LogP contribution in [0.4, 0.5) is 11.5 Å². The normalized spacial score (nSPS) is 10.5. The number of rotatable bonds is 4. The summed E-state index contributed by atoms with van der Waals surface area (Å²) in [6, 6.07) is 8.31. The third kappa shape index (κ3) is 3.35. The van der Waals surface area contributed by atoms with E-state index in [1.54, 1.807) is 0 Å². The lowest BCUT2D eigenvalue weighted by molar-refractivity contribution is 0.985. The molecule has 4 nitrogen and oxygen atoms in total. The maximum absolute atomic E-state index is 5.91. The Kier molecular flexibility index (Phi) is 4.22. The lowest BCUT2D eigenvalue weighted by Crippen LogP contribution is -2.11. The molecule has 0 aliphatic heterocycles. The molecule has 0 saturated heterocycles. The Hall–Kier alpha value is -1.81. The molecule has 0 radical (unpaired) electrons. The number of nitrogens with one attached hydrogen (secondary N) is 1. The number of hydrogen-bond donors (Lipinski definition) is 2. The highest BCUT2D eigenvalue weighted by Gasteiger charge is 2.07. The number of hydrogen-bond acceptors (Lipinski definition) is 4. The topological polar surface area (TPSA) is 63.8 Å². The fourth-order valence-electron chi connectivity index (χ4n) is 1.89. The Bertz CT molecular complexity index is 584. The van der Waals surface area contributed by atoms with Gasteiger partial charge in [-0.1, -0.05) is 24.3 Å². The number of nitrogens with zero attached hydrogens (tertiary/aromatic N) is 2. The number of nitrogens with two attached hydrogens (primary N) is 1. The molecule has 0 amide bonds. The van der Waals surface area contributed by atoms with Crippen LogP contribution in [0, 0.1) is 13.8 Å². The van der Waals surface area contributed by atoms with Crippen molar-refractivity contribution in [3.05, 3.63) is 46.4 Å². The Morgan fingerprint density at radius 2 is 1.95 bits per heavy atom. The first-order chi connectivity index (χ1) is 9.08.